The average Bonchev–Trinajstić information content (AvgIpc) is 2.78. The molecule has 0 saturated carbocycles. The number of rotatable bonds is 2. The Kier molecular flexibility index (Phi) is 2.96. The molecule has 1 fully saturated rings. The third kappa shape index (κ3) is 2.15. The van der Waals surface area contributed by atoms with Gasteiger partial charge in [-0.05, 0) is 19.4 Å². The maximum Gasteiger partial charge on any atom is 0.290 e. The van der Waals surface area contributed by atoms with E-state index in [0.717, 1.165) is 25.9 Å². The van der Waals surface area contributed by atoms with Gasteiger partial charge in [0.1, 0.15) is 6.33 Å². The molecule has 1 aliphatic heterocycles. The van der Waals surface area contributed by atoms with E-state index < -0.39 is 0 Å². The standard InChI is InChI=1S/C9H15N5O/c1-10-9(15)8-12-6-14(13-8)7-3-2-4-11-5-7/h6-7,11H,2-5H2,1H3,(H,10,15). The van der Waals surface area contributed by atoms with E-state index in [1.165, 1.54) is 0 Å². The predicted molar refractivity (Wildman–Crippen MR) is 54.6 cm³/mol. The molecule has 1 aliphatic rings. The monoisotopic (exact) mass is 209 g/mol. The van der Waals surface area contributed by atoms with Crippen molar-refractivity contribution in [3.05, 3.63) is 12.2 Å². The first-order valence-electron chi connectivity index (χ1n) is 5.15. The first kappa shape index (κ1) is 10.1. The summed E-state index contributed by atoms with van der Waals surface area (Å²) >= 11 is 0. The third-order valence-electron chi connectivity index (χ3n) is 2.58. The molecule has 1 unspecified atom stereocenters. The lowest BCUT2D eigenvalue weighted by Gasteiger charge is -2.22. The van der Waals surface area contributed by atoms with Gasteiger partial charge in [-0.2, -0.15) is 0 Å². The number of carbonyl (C=O) groups is 1. The number of carbonyl (C=O) groups excluding carboxylic acids is 1. The lowest BCUT2D eigenvalue weighted by Crippen LogP contribution is -2.32. The Balaban J connectivity index is 2.08. The van der Waals surface area contributed by atoms with Crippen molar-refractivity contribution in [1.29, 1.82) is 0 Å². The van der Waals surface area contributed by atoms with Gasteiger partial charge in [-0.1, -0.05) is 0 Å². The van der Waals surface area contributed by atoms with Crippen LogP contribution < -0.4 is 10.6 Å². The number of piperidine rings is 1. The van der Waals surface area contributed by atoms with Gasteiger partial charge in [-0.15, -0.1) is 5.10 Å². The summed E-state index contributed by atoms with van der Waals surface area (Å²) < 4.78 is 1.77. The molecule has 1 saturated heterocycles. The molecule has 1 aromatic heterocycles. The third-order valence-corrected chi connectivity index (χ3v) is 2.58. The Morgan fingerprint density at radius 1 is 1.73 bits per heavy atom. The van der Waals surface area contributed by atoms with Crippen LogP contribution in [0.15, 0.2) is 6.33 Å². The molecule has 0 bridgehead atoms. The second-order valence-electron chi connectivity index (χ2n) is 3.63. The van der Waals surface area contributed by atoms with Gasteiger partial charge in [-0.25, -0.2) is 9.67 Å². The molecule has 0 spiro atoms. The number of hydrogen-bond donors (Lipinski definition) is 2. The van der Waals surface area contributed by atoms with Gasteiger partial charge < -0.3 is 10.6 Å². The van der Waals surface area contributed by atoms with E-state index in [2.05, 4.69) is 20.7 Å². The van der Waals surface area contributed by atoms with E-state index in [9.17, 15) is 4.79 Å². The SMILES string of the molecule is CNC(=O)c1ncn(C2CCCNC2)n1. The first-order chi connectivity index (χ1) is 7.31. The molecule has 2 N–H and O–H groups in total. The predicted octanol–water partition coefficient (Wildman–Crippen LogP) is -0.438. The van der Waals surface area contributed by atoms with Crippen molar-refractivity contribution in [2.24, 2.45) is 0 Å². The van der Waals surface area contributed by atoms with Gasteiger partial charge in [0, 0.05) is 13.6 Å². The van der Waals surface area contributed by atoms with Crippen molar-refractivity contribution >= 4 is 5.91 Å². The second kappa shape index (κ2) is 4.39. The van der Waals surface area contributed by atoms with Crippen LogP contribution in [0, 0.1) is 0 Å². The maximum absolute atomic E-state index is 11.2. The van der Waals surface area contributed by atoms with Gasteiger partial charge in [0.25, 0.3) is 5.91 Å². The molecule has 6 heteroatoms. The van der Waals surface area contributed by atoms with Gasteiger partial charge in [0.15, 0.2) is 0 Å². The average molecular weight is 209 g/mol. The first-order valence-corrected chi connectivity index (χ1v) is 5.15. The molecule has 82 valence electrons. The van der Waals surface area contributed by atoms with Crippen molar-refractivity contribution in [3.63, 3.8) is 0 Å². The largest absolute Gasteiger partial charge is 0.352 e. The van der Waals surface area contributed by atoms with E-state index in [0.29, 0.717) is 6.04 Å². The second-order valence-corrected chi connectivity index (χ2v) is 3.63. The van der Waals surface area contributed by atoms with Crippen molar-refractivity contribution in [2.75, 3.05) is 20.1 Å². The molecule has 1 aromatic rings. The Morgan fingerprint density at radius 2 is 2.60 bits per heavy atom. The summed E-state index contributed by atoms with van der Waals surface area (Å²) in [6.07, 6.45) is 3.85. The van der Waals surface area contributed by atoms with Crippen LogP contribution in [0.3, 0.4) is 0 Å². The highest BCUT2D eigenvalue weighted by Crippen LogP contribution is 2.14. The summed E-state index contributed by atoms with van der Waals surface area (Å²) in [6.45, 7) is 1.96. The van der Waals surface area contributed by atoms with Crippen LogP contribution in [0.2, 0.25) is 0 Å². The molecule has 2 heterocycles. The minimum atomic E-state index is -0.238. The lowest BCUT2D eigenvalue weighted by molar-refractivity contribution is 0.0952. The molecule has 0 radical (unpaired) electrons. The smallest absolute Gasteiger partial charge is 0.290 e. The van der Waals surface area contributed by atoms with Crippen LogP contribution in [0.1, 0.15) is 29.5 Å². The fourth-order valence-corrected chi connectivity index (χ4v) is 1.73. The number of amides is 1. The number of hydrogen-bond acceptors (Lipinski definition) is 4. The van der Waals surface area contributed by atoms with E-state index in [-0.39, 0.29) is 11.7 Å². The van der Waals surface area contributed by atoms with Crippen molar-refractivity contribution in [1.82, 2.24) is 25.4 Å². The van der Waals surface area contributed by atoms with Gasteiger partial charge in [0.2, 0.25) is 5.82 Å². The topological polar surface area (TPSA) is 71.8 Å². The summed E-state index contributed by atoms with van der Waals surface area (Å²) in [7, 11) is 1.57. The van der Waals surface area contributed by atoms with Crippen molar-refractivity contribution in [2.45, 2.75) is 18.9 Å². The molecule has 15 heavy (non-hydrogen) atoms. The minimum absolute atomic E-state index is 0.238. The van der Waals surface area contributed by atoms with Crippen molar-refractivity contribution < 1.29 is 4.79 Å². The summed E-state index contributed by atoms with van der Waals surface area (Å²) in [4.78, 5) is 15.2. The molecule has 6 nitrogen and oxygen atoms in total. The Hall–Kier alpha value is -1.43. The van der Waals surface area contributed by atoms with Crippen LogP contribution in [-0.2, 0) is 0 Å². The Labute approximate surface area is 88.1 Å². The molecular formula is C9H15N5O. The zero-order valence-corrected chi connectivity index (χ0v) is 8.73. The highest BCUT2D eigenvalue weighted by molar-refractivity contribution is 5.89. The summed E-state index contributed by atoms with van der Waals surface area (Å²) in [5.74, 6) is 0.000548. The zero-order valence-electron chi connectivity index (χ0n) is 8.73. The lowest BCUT2D eigenvalue weighted by atomic mass is 10.1. The van der Waals surface area contributed by atoms with E-state index >= 15 is 0 Å². The molecule has 1 atom stereocenters. The normalized spacial score (nSPS) is 21.3. The van der Waals surface area contributed by atoms with E-state index in [4.69, 9.17) is 0 Å². The number of nitrogens with one attached hydrogen (secondary N) is 2. The van der Waals surface area contributed by atoms with E-state index in [1.807, 2.05) is 0 Å². The molecule has 0 aromatic carbocycles. The highest BCUT2D eigenvalue weighted by atomic mass is 16.2. The Bertz CT molecular complexity index is 342. The van der Waals surface area contributed by atoms with Gasteiger partial charge in [0.05, 0.1) is 6.04 Å². The van der Waals surface area contributed by atoms with Crippen LogP contribution in [0.5, 0.6) is 0 Å². The fraction of sp³-hybridized carbons (Fsp3) is 0.667. The minimum Gasteiger partial charge on any atom is -0.352 e. The molecule has 1 amide bonds. The summed E-state index contributed by atoms with van der Waals surface area (Å²) in [5, 5.41) is 9.96. The Morgan fingerprint density at radius 3 is 3.27 bits per heavy atom. The van der Waals surface area contributed by atoms with E-state index in [1.54, 1.807) is 18.1 Å². The molecule has 2 rings (SSSR count). The molecule has 0 aliphatic carbocycles. The summed E-state index contributed by atoms with van der Waals surface area (Å²) in [6, 6.07) is 0.324. The van der Waals surface area contributed by atoms with Crippen LogP contribution in [0.25, 0.3) is 0 Å². The summed E-state index contributed by atoms with van der Waals surface area (Å²) in [5.41, 5.74) is 0. The highest BCUT2D eigenvalue weighted by Gasteiger charge is 2.17. The van der Waals surface area contributed by atoms with Crippen molar-refractivity contribution in [3.8, 4) is 0 Å². The zero-order chi connectivity index (χ0) is 10.7. The number of aromatic nitrogens is 3. The molecular weight excluding hydrogens is 194 g/mol. The fourth-order valence-electron chi connectivity index (χ4n) is 1.73. The quantitative estimate of drug-likeness (QED) is 0.693. The van der Waals surface area contributed by atoms with Gasteiger partial charge >= 0.3 is 0 Å². The van der Waals surface area contributed by atoms with Crippen LogP contribution >= 0.6 is 0 Å². The van der Waals surface area contributed by atoms with Gasteiger partial charge in [-0.3, -0.25) is 4.79 Å². The number of nitrogens with zero attached hydrogens (tertiary/aromatic N) is 3. The van der Waals surface area contributed by atoms with Crippen LogP contribution in [0.4, 0.5) is 0 Å². The maximum atomic E-state index is 11.2. The van der Waals surface area contributed by atoms with Crippen LogP contribution in [-0.4, -0.2) is 40.8 Å².